The highest BCUT2D eigenvalue weighted by Crippen LogP contribution is 2.33. The molecular weight excluding hydrogens is 268 g/mol. The molecule has 2 amide bonds. The molecule has 1 aromatic rings. The van der Waals surface area contributed by atoms with Crippen LogP contribution < -0.4 is 4.90 Å². The molecule has 1 atom stereocenters. The first-order valence-corrected chi connectivity index (χ1v) is 6.87. The first-order chi connectivity index (χ1) is 10.1. The van der Waals surface area contributed by atoms with Gasteiger partial charge in [0.25, 0.3) is 5.91 Å². The summed E-state index contributed by atoms with van der Waals surface area (Å²) in [4.78, 5) is 27.1. The van der Waals surface area contributed by atoms with Crippen LogP contribution in [0.4, 0.5) is 10.5 Å². The van der Waals surface area contributed by atoms with Gasteiger partial charge in [0.2, 0.25) is 0 Å². The second kappa shape index (κ2) is 5.09. The molecule has 0 fully saturated rings. The Bertz CT molecular complexity index is 663. The minimum Gasteiger partial charge on any atom is -0.465 e. The number of hydrogen-bond donors (Lipinski definition) is 1. The maximum Gasteiger partial charge on any atom is 0.411 e. The van der Waals surface area contributed by atoms with Gasteiger partial charge in [-0.3, -0.25) is 9.69 Å². The third-order valence-electron chi connectivity index (χ3n) is 3.83. The van der Waals surface area contributed by atoms with E-state index >= 15 is 0 Å². The number of amides is 2. The maximum atomic E-state index is 12.7. The van der Waals surface area contributed by atoms with E-state index in [4.69, 9.17) is 0 Å². The van der Waals surface area contributed by atoms with Crippen molar-refractivity contribution in [1.82, 2.24) is 4.90 Å². The Balaban J connectivity index is 2.07. The van der Waals surface area contributed by atoms with E-state index in [1.807, 2.05) is 25.3 Å². The molecule has 0 spiro atoms. The van der Waals surface area contributed by atoms with Gasteiger partial charge >= 0.3 is 6.09 Å². The molecule has 0 aromatic heterocycles. The number of anilines is 1. The molecule has 108 valence electrons. The zero-order valence-corrected chi connectivity index (χ0v) is 11.7. The number of carbonyl (C=O) groups is 2. The van der Waals surface area contributed by atoms with Gasteiger partial charge in [0.15, 0.2) is 0 Å². The fourth-order valence-electron chi connectivity index (χ4n) is 2.93. The summed E-state index contributed by atoms with van der Waals surface area (Å²) in [6.07, 6.45) is 5.35. The molecule has 1 N–H and O–H groups in total. The minimum atomic E-state index is -1.03. The van der Waals surface area contributed by atoms with Crippen LogP contribution in [0.2, 0.25) is 0 Å². The van der Waals surface area contributed by atoms with Crippen molar-refractivity contribution in [2.75, 3.05) is 11.4 Å². The highest BCUT2D eigenvalue weighted by atomic mass is 16.4. The average Bonchev–Trinajstić information content (AvgIpc) is 2.82. The summed E-state index contributed by atoms with van der Waals surface area (Å²) < 4.78 is 0. The molecule has 2 aliphatic heterocycles. The Morgan fingerprint density at radius 2 is 2.14 bits per heavy atom. The predicted octanol–water partition coefficient (Wildman–Crippen LogP) is 2.86. The molecule has 1 unspecified atom stereocenters. The van der Waals surface area contributed by atoms with E-state index in [0.29, 0.717) is 17.7 Å². The molecule has 5 heteroatoms. The summed E-state index contributed by atoms with van der Waals surface area (Å²) in [5.41, 5.74) is 1.94. The molecule has 2 aliphatic rings. The number of fused-ring (bicyclic) bond motifs is 2. The number of nitrogens with zero attached hydrogens (tertiary/aromatic N) is 2. The summed E-state index contributed by atoms with van der Waals surface area (Å²) in [6.45, 7) is 2.21. The highest BCUT2D eigenvalue weighted by Gasteiger charge is 2.37. The Morgan fingerprint density at radius 1 is 1.38 bits per heavy atom. The number of rotatable bonds is 1. The SMILES string of the molecule is C/C=C/C1=CN2C(=O)c3ccccc3N(C(=O)O)CC2C1. The summed E-state index contributed by atoms with van der Waals surface area (Å²) in [5, 5.41) is 9.45. The molecule has 0 aliphatic carbocycles. The van der Waals surface area contributed by atoms with E-state index in [1.54, 1.807) is 29.2 Å². The summed E-state index contributed by atoms with van der Waals surface area (Å²) in [5.74, 6) is -0.140. The van der Waals surface area contributed by atoms with Crippen molar-refractivity contribution >= 4 is 17.7 Å². The van der Waals surface area contributed by atoms with Crippen molar-refractivity contribution in [1.29, 1.82) is 0 Å². The van der Waals surface area contributed by atoms with E-state index in [2.05, 4.69) is 0 Å². The quantitative estimate of drug-likeness (QED) is 0.862. The number of allylic oxidation sites excluding steroid dienone is 2. The number of carboxylic acid groups (broad SMARTS) is 1. The van der Waals surface area contributed by atoms with Crippen LogP contribution in [0.15, 0.2) is 48.2 Å². The van der Waals surface area contributed by atoms with Crippen molar-refractivity contribution < 1.29 is 14.7 Å². The lowest BCUT2D eigenvalue weighted by Crippen LogP contribution is -2.40. The Labute approximate surface area is 122 Å². The Hall–Kier alpha value is -2.56. The van der Waals surface area contributed by atoms with Crippen molar-refractivity contribution in [2.24, 2.45) is 0 Å². The first-order valence-electron chi connectivity index (χ1n) is 6.87. The lowest BCUT2D eigenvalue weighted by atomic mass is 10.1. The summed E-state index contributed by atoms with van der Waals surface area (Å²) in [6, 6.07) is 6.72. The van der Waals surface area contributed by atoms with Crippen molar-refractivity contribution in [2.45, 2.75) is 19.4 Å². The van der Waals surface area contributed by atoms with E-state index in [9.17, 15) is 14.7 Å². The average molecular weight is 284 g/mol. The molecular formula is C16H16N2O3. The molecule has 21 heavy (non-hydrogen) atoms. The number of carbonyl (C=O) groups excluding carboxylic acids is 1. The van der Waals surface area contributed by atoms with Gasteiger partial charge in [0.05, 0.1) is 23.8 Å². The molecule has 0 bridgehead atoms. The van der Waals surface area contributed by atoms with Crippen molar-refractivity contribution in [3.05, 3.63) is 53.8 Å². The predicted molar refractivity (Wildman–Crippen MR) is 79.3 cm³/mol. The monoisotopic (exact) mass is 284 g/mol. The summed E-state index contributed by atoms with van der Waals surface area (Å²) >= 11 is 0. The normalized spacial score (nSPS) is 21.1. The van der Waals surface area contributed by atoms with Crippen molar-refractivity contribution in [3.8, 4) is 0 Å². The largest absolute Gasteiger partial charge is 0.465 e. The lowest BCUT2D eigenvalue weighted by molar-refractivity contribution is 0.0794. The van der Waals surface area contributed by atoms with Gasteiger partial charge in [-0.2, -0.15) is 0 Å². The van der Waals surface area contributed by atoms with Gasteiger partial charge in [-0.1, -0.05) is 24.3 Å². The molecule has 2 heterocycles. The number of hydrogen-bond acceptors (Lipinski definition) is 2. The van der Waals surface area contributed by atoms with E-state index < -0.39 is 6.09 Å². The third kappa shape index (κ3) is 2.20. The fraction of sp³-hybridized carbons (Fsp3) is 0.250. The van der Waals surface area contributed by atoms with Crippen LogP contribution in [-0.2, 0) is 0 Å². The molecule has 0 saturated carbocycles. The molecule has 5 nitrogen and oxygen atoms in total. The summed E-state index contributed by atoms with van der Waals surface area (Å²) in [7, 11) is 0. The van der Waals surface area contributed by atoms with Gasteiger partial charge in [0.1, 0.15) is 0 Å². The molecule has 1 aromatic carbocycles. The van der Waals surface area contributed by atoms with Crippen LogP contribution in [0.25, 0.3) is 0 Å². The second-order valence-electron chi connectivity index (χ2n) is 5.18. The van der Waals surface area contributed by atoms with Crippen LogP contribution in [0.3, 0.4) is 0 Å². The van der Waals surface area contributed by atoms with Gasteiger partial charge < -0.3 is 10.0 Å². The molecule has 0 saturated heterocycles. The van der Waals surface area contributed by atoms with E-state index in [0.717, 1.165) is 5.57 Å². The molecule has 3 rings (SSSR count). The topological polar surface area (TPSA) is 60.9 Å². The molecule has 0 radical (unpaired) electrons. The highest BCUT2D eigenvalue weighted by molar-refractivity contribution is 6.05. The fourth-order valence-corrected chi connectivity index (χ4v) is 2.93. The van der Waals surface area contributed by atoms with Crippen LogP contribution in [0.5, 0.6) is 0 Å². The van der Waals surface area contributed by atoms with Crippen molar-refractivity contribution in [3.63, 3.8) is 0 Å². The Morgan fingerprint density at radius 3 is 2.86 bits per heavy atom. The van der Waals surface area contributed by atoms with Crippen LogP contribution in [-0.4, -0.2) is 34.6 Å². The first kappa shape index (κ1) is 13.4. The van der Waals surface area contributed by atoms with Gasteiger partial charge in [-0.25, -0.2) is 4.79 Å². The van der Waals surface area contributed by atoms with Crippen LogP contribution in [0.1, 0.15) is 23.7 Å². The smallest absolute Gasteiger partial charge is 0.411 e. The minimum absolute atomic E-state index is 0.140. The van der Waals surface area contributed by atoms with Crippen LogP contribution in [0, 0.1) is 0 Å². The van der Waals surface area contributed by atoms with E-state index in [1.165, 1.54) is 4.90 Å². The van der Waals surface area contributed by atoms with Crippen LogP contribution >= 0.6 is 0 Å². The zero-order valence-electron chi connectivity index (χ0n) is 11.7. The maximum absolute atomic E-state index is 12.7. The zero-order chi connectivity index (χ0) is 15.0. The number of benzene rings is 1. The van der Waals surface area contributed by atoms with Gasteiger partial charge in [-0.15, -0.1) is 0 Å². The third-order valence-corrected chi connectivity index (χ3v) is 3.83. The lowest BCUT2D eigenvalue weighted by Gasteiger charge is -2.23. The second-order valence-corrected chi connectivity index (χ2v) is 5.18. The Kier molecular flexibility index (Phi) is 3.25. The van der Waals surface area contributed by atoms with Gasteiger partial charge in [0, 0.05) is 6.20 Å². The van der Waals surface area contributed by atoms with E-state index in [-0.39, 0.29) is 18.5 Å². The van der Waals surface area contributed by atoms with Gasteiger partial charge in [-0.05, 0) is 31.1 Å². The standard InChI is InChI=1S/C16H16N2O3/c1-2-5-11-8-12-10-18(16(20)21)14-7-4-3-6-13(14)15(19)17(12)9-11/h2-7,9,12H,8,10H2,1H3,(H,20,21)/b5-2+. The number of para-hydroxylation sites is 1.